The number of fused-ring (bicyclic) bond motifs is 2. The fraction of sp³-hybridized carbons (Fsp3) is 0.733. The van der Waals surface area contributed by atoms with Gasteiger partial charge in [-0.05, 0) is 271 Å². The summed E-state index contributed by atoms with van der Waals surface area (Å²) in [5.74, 6) is 0.881. The van der Waals surface area contributed by atoms with Gasteiger partial charge in [0.05, 0.1) is 35.6 Å². The number of ketones is 1. The summed E-state index contributed by atoms with van der Waals surface area (Å²) < 4.78 is 134. The predicted octanol–water partition coefficient (Wildman–Crippen LogP) is 22.2. The van der Waals surface area contributed by atoms with Crippen molar-refractivity contribution in [2.45, 2.75) is 349 Å². The van der Waals surface area contributed by atoms with Crippen molar-refractivity contribution in [2.75, 3.05) is 19.4 Å². The summed E-state index contributed by atoms with van der Waals surface area (Å²) in [4.78, 5) is 12.5. The number of hydrogen-bond donors (Lipinski definition) is 3. The minimum absolute atomic E-state index is 0. The predicted molar refractivity (Wildman–Crippen MR) is 427 cm³/mol. The van der Waals surface area contributed by atoms with E-state index in [9.17, 15) is 24.7 Å². The Bertz CT molecular complexity index is 3500. The Morgan fingerprint density at radius 3 is 1.54 bits per heavy atom. The Kier molecular flexibility index (Phi) is 22.7. The molecule has 3 N–H and O–H groups in total. The average Bonchev–Trinajstić information content (AvgIpc) is 1.57. The number of aliphatic hydroxyl groups is 3. The molecule has 2 aromatic rings. The zero-order valence-corrected chi connectivity index (χ0v) is 67.3. The van der Waals surface area contributed by atoms with Crippen molar-refractivity contribution in [3.63, 3.8) is 0 Å². The molecule has 2 aromatic carbocycles. The van der Waals surface area contributed by atoms with Crippen LogP contribution in [0.15, 0.2) is 119 Å². The maximum absolute atomic E-state index is 14.6. The third-order valence-corrected chi connectivity index (χ3v) is 37.6. The lowest BCUT2D eigenvalue weighted by molar-refractivity contribution is -0.128. The van der Waals surface area contributed by atoms with Crippen LogP contribution >= 0.6 is 7.14 Å². The quantitative estimate of drug-likeness (QED) is 0.0635. The van der Waals surface area contributed by atoms with Crippen LogP contribution in [-0.2, 0) is 27.4 Å². The first kappa shape index (κ1) is 67.0. The van der Waals surface area contributed by atoms with Gasteiger partial charge in [-0.2, -0.15) is 0 Å². The van der Waals surface area contributed by atoms with Gasteiger partial charge < -0.3 is 37.9 Å². The summed E-state index contributed by atoms with van der Waals surface area (Å²) in [7, 11) is -9.11. The van der Waals surface area contributed by atoms with Crippen LogP contribution in [0.3, 0.4) is 0 Å². The van der Waals surface area contributed by atoms with Crippen LogP contribution in [0.2, 0.25) is 55.9 Å². The largest absolute Gasteiger partial charge is 0.414 e. The Labute approximate surface area is 625 Å². The number of carbonyl (C=O) groups is 1. The fourth-order valence-corrected chi connectivity index (χ4v) is 23.6. The molecule has 558 valence electrons. The summed E-state index contributed by atoms with van der Waals surface area (Å²) in [6.45, 7) is 23.9. The third kappa shape index (κ3) is 22.3. The van der Waals surface area contributed by atoms with Crippen LogP contribution < -0.4 is 10.6 Å². The minimum atomic E-state index is -2.96. The van der Waals surface area contributed by atoms with Gasteiger partial charge in [0.2, 0.25) is 0 Å². The van der Waals surface area contributed by atoms with Crippen molar-refractivity contribution >= 4 is 48.5 Å². The smallest absolute Gasteiger partial charge is 0.192 e. The van der Waals surface area contributed by atoms with Crippen LogP contribution in [0.4, 0.5) is 0 Å². The molecule has 7 fully saturated rings. The molecular weight excluding hydrogens is 1290 g/mol. The molecule has 8 atom stereocenters. The molecule has 0 bridgehead atoms. The second kappa shape index (κ2) is 33.5. The van der Waals surface area contributed by atoms with E-state index in [1.54, 1.807) is 0 Å². The van der Waals surface area contributed by atoms with Crippen LogP contribution in [0.5, 0.6) is 0 Å². The molecule has 1 heterocycles. The Hall–Kier alpha value is -2.59. The number of aliphatic hydroxyl groups excluding tert-OH is 2. The number of Topliss-reactive ketones (excluding diaryl/α,β-unsaturated/α-hetero) is 1. The van der Waals surface area contributed by atoms with Gasteiger partial charge in [0.25, 0.3) is 0 Å². The molecule has 99 heavy (non-hydrogen) atoms. The highest BCUT2D eigenvalue weighted by atomic mass is 31.2. The van der Waals surface area contributed by atoms with Crippen LogP contribution in [0, 0.1) is 33.5 Å². The number of hydrogen-bond acceptors (Lipinski definition) is 9. The van der Waals surface area contributed by atoms with Crippen molar-refractivity contribution in [2.24, 2.45) is 33.5 Å². The molecule has 0 spiro atoms. The maximum Gasteiger partial charge on any atom is 0.192 e. The topological polar surface area (TPSA) is 132 Å². The van der Waals surface area contributed by atoms with Crippen molar-refractivity contribution < 1.29 is 59.1 Å². The maximum atomic E-state index is 14.6. The number of benzene rings is 2. The third-order valence-electron chi connectivity index (χ3n) is 24.6. The highest BCUT2D eigenvalue weighted by Gasteiger charge is 2.59. The Morgan fingerprint density at radius 2 is 1.09 bits per heavy atom. The SMILES string of the molecule is C.C1CCOC1.CC(C)(C)[Si](C)(C)OC1CC(=CCP(=O)(c2ccccc2)c2ccccc2)C[C@@H](O[Si](C)(C)C(C)(C)C)C1.[2H]C([2H])([2H])C(CCCC1(C2=CCC3C(=O)CCC[C@]23C)CC1)(O[Si](C)(C)C)C([2H])([2H])[2H].[2H]C([2H])([2H])C(O)(CCCC1(C2=CCC3/C(=C/C=C4CC(O)C[C@H](O)C4)CCC[C@]23C)CC1)C([2H])([2H])[2H]. The van der Waals surface area contributed by atoms with Crippen LogP contribution in [0.25, 0.3) is 0 Å². The van der Waals surface area contributed by atoms with Gasteiger partial charge >= 0.3 is 0 Å². The summed E-state index contributed by atoms with van der Waals surface area (Å²) in [6, 6.07) is 20.0. The monoisotopic (exact) mass is 1450 g/mol. The summed E-state index contributed by atoms with van der Waals surface area (Å²) in [6.07, 6.45) is 32.0. The molecule has 1 saturated heterocycles. The second-order valence-electron chi connectivity index (χ2n) is 35.9. The first-order chi connectivity index (χ1) is 50.5. The first-order valence-corrected chi connectivity index (χ1v) is 49.1. The van der Waals surface area contributed by atoms with Gasteiger partial charge in [0.1, 0.15) is 12.9 Å². The van der Waals surface area contributed by atoms with E-state index in [1.165, 1.54) is 35.1 Å². The van der Waals surface area contributed by atoms with Gasteiger partial charge in [-0.1, -0.05) is 182 Å². The molecule has 13 heteroatoms. The molecule has 9 aliphatic rings. The summed E-state index contributed by atoms with van der Waals surface area (Å²) in [5, 5.41) is 32.8. The van der Waals surface area contributed by atoms with E-state index >= 15 is 0 Å². The summed E-state index contributed by atoms with van der Waals surface area (Å²) >= 11 is 0. The summed E-state index contributed by atoms with van der Waals surface area (Å²) in [5.41, 5.74) is 1.84. The lowest BCUT2D eigenvalue weighted by atomic mass is 9.61. The molecule has 6 saturated carbocycles. The van der Waals surface area contributed by atoms with E-state index in [0.29, 0.717) is 62.8 Å². The van der Waals surface area contributed by atoms with Gasteiger partial charge in [-0.25, -0.2) is 0 Å². The zero-order chi connectivity index (χ0) is 82.0. The van der Waals surface area contributed by atoms with Gasteiger partial charge in [-0.3, -0.25) is 4.79 Å². The van der Waals surface area contributed by atoms with Crippen molar-refractivity contribution in [1.29, 1.82) is 0 Å². The Morgan fingerprint density at radius 1 is 0.616 bits per heavy atom. The fourth-order valence-electron chi connectivity index (χ4n) is 17.2. The van der Waals surface area contributed by atoms with E-state index in [0.717, 1.165) is 126 Å². The van der Waals surface area contributed by atoms with E-state index < -0.39 is 82.9 Å². The number of ether oxygens (including phenoxy) is 1. The average molecular weight is 1450 g/mol. The molecule has 9 nitrogen and oxygen atoms in total. The first-order valence-electron chi connectivity index (χ1n) is 44.0. The number of allylic oxidation sites excluding steroid dienone is 8. The normalized spacial score (nSPS) is 31.3. The van der Waals surface area contributed by atoms with E-state index in [1.807, 2.05) is 80.3 Å². The molecule has 0 radical (unpaired) electrons. The van der Waals surface area contributed by atoms with Gasteiger partial charge in [0, 0.05) is 58.8 Å². The lowest BCUT2D eigenvalue weighted by Gasteiger charge is -2.45. The van der Waals surface area contributed by atoms with Gasteiger partial charge in [0.15, 0.2) is 25.0 Å². The Balaban J connectivity index is 0.000000223. The van der Waals surface area contributed by atoms with E-state index in [-0.39, 0.29) is 70.1 Å². The van der Waals surface area contributed by atoms with Gasteiger partial charge in [-0.15, -0.1) is 0 Å². The molecule has 1 aliphatic heterocycles. The molecule has 0 aromatic heterocycles. The standard InChI is InChI=1S/C32H51O3PSi2.C27H42O3.C22H38O2Si.C4H8O.CH4/c1-31(2,3)37(7,8)34-27-23-26(24-28(25-27)35-38(9,10)32(4,5)6)21-22-36(33,29-17-13-11-14-18-29)30-19-15-12-16-20-30;1-25(2,30)11-5-13-27(14-15-27)24-10-9-23-20(6-4-12-26(23,24)3)8-7-19-16-21(28)18-22(29)17-19;1-20(2,24-25(4,5)6)12-8-14-22(15-16-22)19-11-10-17-18(23)9-7-13-21(17,19)3;1-2-4-5-3-1;/h11-21,27-28H,22-25H2,1-10H3;7-8,10,21-23,28-30H,4-6,9,11-18H2,1-3H3;11,17H,7-10,12-16H2,1-6H3;1-4H2;1H4/b;19-7?,20-8+;;;/t27-,28?;21-,22?,23?,26+;17?,21-;;/m110../s1/i;2*1D3,2D3;;. The molecule has 0 amide bonds. The van der Waals surface area contributed by atoms with Crippen molar-refractivity contribution in [1.82, 2.24) is 0 Å². The van der Waals surface area contributed by atoms with E-state index in [2.05, 4.69) is 112 Å². The molecule has 4 unspecified atom stereocenters. The molecule has 8 aliphatic carbocycles. The highest BCUT2D eigenvalue weighted by molar-refractivity contribution is 7.78. The number of carbonyl (C=O) groups excluding carboxylic acids is 1. The lowest BCUT2D eigenvalue weighted by Crippen LogP contribution is -2.48. The van der Waals surface area contributed by atoms with Crippen LogP contribution in [-0.4, -0.2) is 101 Å². The van der Waals surface area contributed by atoms with E-state index in [4.69, 9.17) is 34.5 Å². The zero-order valence-electron chi connectivity index (χ0n) is 75.4. The van der Waals surface area contributed by atoms with Crippen molar-refractivity contribution in [3.8, 4) is 0 Å². The second-order valence-corrected chi connectivity index (χ2v) is 52.7. The van der Waals surface area contributed by atoms with Crippen LogP contribution in [0.1, 0.15) is 274 Å². The van der Waals surface area contributed by atoms with Crippen molar-refractivity contribution in [3.05, 3.63) is 119 Å². The molecule has 11 rings (SSSR count). The minimum Gasteiger partial charge on any atom is -0.414 e. The molecular formula is C86H143O9PSi3. The highest BCUT2D eigenvalue weighted by Crippen LogP contribution is 2.69. The number of rotatable bonds is 21.